The van der Waals surface area contributed by atoms with Gasteiger partial charge in [-0.25, -0.2) is 0 Å². The normalized spacial score (nSPS) is 17.4. The Morgan fingerprint density at radius 1 is 1.30 bits per heavy atom. The quantitative estimate of drug-likeness (QED) is 0.839. The summed E-state index contributed by atoms with van der Waals surface area (Å²) in [5, 5.41) is 4.55. The van der Waals surface area contributed by atoms with Crippen LogP contribution in [0.15, 0.2) is 30.5 Å². The predicted octanol–water partition coefficient (Wildman–Crippen LogP) is 2.71. The maximum absolute atomic E-state index is 6.26. The van der Waals surface area contributed by atoms with Crippen LogP contribution in [0.2, 0.25) is 0 Å². The van der Waals surface area contributed by atoms with E-state index < -0.39 is 0 Å². The van der Waals surface area contributed by atoms with Gasteiger partial charge in [-0.1, -0.05) is 0 Å². The summed E-state index contributed by atoms with van der Waals surface area (Å²) in [5.41, 5.74) is 9.01. The molecule has 0 amide bonds. The third-order valence-electron chi connectivity index (χ3n) is 3.96. The van der Waals surface area contributed by atoms with E-state index in [1.807, 2.05) is 24.3 Å². The molecule has 1 atom stereocenters. The minimum Gasteiger partial charge on any atom is -0.397 e. The Bertz CT molecular complexity index is 590. The molecule has 1 aliphatic rings. The third kappa shape index (κ3) is 2.70. The van der Waals surface area contributed by atoms with Gasteiger partial charge in [0.05, 0.1) is 16.9 Å². The largest absolute Gasteiger partial charge is 0.397 e. The Balaban J connectivity index is 1.74. The van der Waals surface area contributed by atoms with Crippen LogP contribution < -0.4 is 11.1 Å². The maximum Gasteiger partial charge on any atom is 0.0724 e. The van der Waals surface area contributed by atoms with Crippen LogP contribution in [0.5, 0.6) is 0 Å². The zero-order valence-corrected chi connectivity index (χ0v) is 12.0. The molecule has 1 fully saturated rings. The highest BCUT2D eigenvalue weighted by Gasteiger charge is 2.15. The molecule has 0 bridgehead atoms. The van der Waals surface area contributed by atoms with Crippen molar-refractivity contribution in [1.82, 2.24) is 9.88 Å². The first-order valence-electron chi connectivity index (χ1n) is 7.36. The van der Waals surface area contributed by atoms with E-state index in [0.717, 1.165) is 28.8 Å². The minimum atomic E-state index is 0.393. The number of benzene rings is 1. The lowest BCUT2D eigenvalue weighted by atomic mass is 10.1. The Kier molecular flexibility index (Phi) is 3.74. The molecular formula is C16H22N4. The van der Waals surface area contributed by atoms with Crippen molar-refractivity contribution >= 4 is 22.3 Å². The molecule has 1 unspecified atom stereocenters. The summed E-state index contributed by atoms with van der Waals surface area (Å²) in [6, 6.07) is 8.40. The molecule has 1 aliphatic heterocycles. The SMILES string of the molecule is CC(CN1CCCC1)Nc1ccc2ncccc2c1N. The molecule has 4 heteroatoms. The van der Waals surface area contributed by atoms with Crippen molar-refractivity contribution in [3.63, 3.8) is 0 Å². The molecular weight excluding hydrogens is 248 g/mol. The second kappa shape index (κ2) is 5.67. The van der Waals surface area contributed by atoms with Gasteiger partial charge in [0.1, 0.15) is 0 Å². The summed E-state index contributed by atoms with van der Waals surface area (Å²) < 4.78 is 0. The molecule has 0 aliphatic carbocycles. The standard InChI is InChI=1S/C16H22N4/c1-12(11-20-9-2-3-10-20)19-15-7-6-14-13(16(15)17)5-4-8-18-14/h4-8,12,19H,2-3,9-11,17H2,1H3. The molecule has 0 radical (unpaired) electrons. The number of nitrogens with one attached hydrogen (secondary N) is 1. The van der Waals surface area contributed by atoms with E-state index >= 15 is 0 Å². The van der Waals surface area contributed by atoms with Crippen molar-refractivity contribution in [3.8, 4) is 0 Å². The lowest BCUT2D eigenvalue weighted by molar-refractivity contribution is 0.328. The first kappa shape index (κ1) is 13.2. The van der Waals surface area contributed by atoms with Crippen molar-refractivity contribution in [2.24, 2.45) is 0 Å². The molecule has 106 valence electrons. The summed E-state index contributed by atoms with van der Waals surface area (Å²) in [6.45, 7) is 5.74. The van der Waals surface area contributed by atoms with Crippen LogP contribution in [0.4, 0.5) is 11.4 Å². The van der Waals surface area contributed by atoms with Crippen molar-refractivity contribution in [2.75, 3.05) is 30.7 Å². The molecule has 3 rings (SSSR count). The van der Waals surface area contributed by atoms with Gasteiger partial charge >= 0.3 is 0 Å². The summed E-state index contributed by atoms with van der Waals surface area (Å²) in [7, 11) is 0. The van der Waals surface area contributed by atoms with E-state index in [1.54, 1.807) is 6.20 Å². The molecule has 1 saturated heterocycles. The zero-order chi connectivity index (χ0) is 13.9. The lowest BCUT2D eigenvalue weighted by Crippen LogP contribution is -2.33. The highest BCUT2D eigenvalue weighted by molar-refractivity contribution is 5.96. The van der Waals surface area contributed by atoms with Crippen LogP contribution in [-0.4, -0.2) is 35.6 Å². The third-order valence-corrected chi connectivity index (χ3v) is 3.96. The fourth-order valence-corrected chi connectivity index (χ4v) is 2.96. The van der Waals surface area contributed by atoms with Crippen molar-refractivity contribution < 1.29 is 0 Å². The number of aromatic nitrogens is 1. The molecule has 1 aromatic carbocycles. The summed E-state index contributed by atoms with van der Waals surface area (Å²) >= 11 is 0. The molecule has 4 nitrogen and oxygen atoms in total. The summed E-state index contributed by atoms with van der Waals surface area (Å²) in [4.78, 5) is 6.84. The van der Waals surface area contributed by atoms with Crippen LogP contribution in [0.1, 0.15) is 19.8 Å². The Morgan fingerprint density at radius 3 is 2.90 bits per heavy atom. The van der Waals surface area contributed by atoms with Crippen LogP contribution in [0.3, 0.4) is 0 Å². The lowest BCUT2D eigenvalue weighted by Gasteiger charge is -2.23. The smallest absolute Gasteiger partial charge is 0.0724 e. The molecule has 1 aromatic heterocycles. The van der Waals surface area contributed by atoms with Crippen LogP contribution in [0.25, 0.3) is 10.9 Å². The van der Waals surface area contributed by atoms with E-state index in [2.05, 4.69) is 22.1 Å². The molecule has 0 spiro atoms. The number of likely N-dealkylation sites (tertiary alicyclic amines) is 1. The average molecular weight is 270 g/mol. The van der Waals surface area contributed by atoms with Gasteiger partial charge in [0, 0.05) is 24.2 Å². The van der Waals surface area contributed by atoms with Crippen LogP contribution >= 0.6 is 0 Å². The molecule has 2 heterocycles. The Hall–Kier alpha value is -1.81. The maximum atomic E-state index is 6.26. The first-order valence-corrected chi connectivity index (χ1v) is 7.36. The van der Waals surface area contributed by atoms with E-state index in [4.69, 9.17) is 5.73 Å². The number of rotatable bonds is 4. The number of anilines is 2. The van der Waals surface area contributed by atoms with E-state index in [-0.39, 0.29) is 0 Å². The molecule has 0 saturated carbocycles. The van der Waals surface area contributed by atoms with Gasteiger partial charge in [0.25, 0.3) is 0 Å². The summed E-state index contributed by atoms with van der Waals surface area (Å²) in [6.07, 6.45) is 4.46. The molecule has 2 aromatic rings. The number of nitrogens with zero attached hydrogens (tertiary/aromatic N) is 2. The van der Waals surface area contributed by atoms with Gasteiger partial charge in [0.2, 0.25) is 0 Å². The Labute approximate surface area is 120 Å². The van der Waals surface area contributed by atoms with E-state index in [1.165, 1.54) is 25.9 Å². The van der Waals surface area contributed by atoms with Gasteiger partial charge in [-0.15, -0.1) is 0 Å². The van der Waals surface area contributed by atoms with Crippen LogP contribution in [0, 0.1) is 0 Å². The van der Waals surface area contributed by atoms with Crippen molar-refractivity contribution in [3.05, 3.63) is 30.5 Å². The highest BCUT2D eigenvalue weighted by Crippen LogP contribution is 2.28. The number of hydrogen-bond acceptors (Lipinski definition) is 4. The second-order valence-corrected chi connectivity index (χ2v) is 5.65. The number of fused-ring (bicyclic) bond motifs is 1. The van der Waals surface area contributed by atoms with E-state index in [9.17, 15) is 0 Å². The fourth-order valence-electron chi connectivity index (χ4n) is 2.96. The van der Waals surface area contributed by atoms with Gasteiger partial charge in [-0.2, -0.15) is 0 Å². The van der Waals surface area contributed by atoms with Gasteiger partial charge < -0.3 is 16.0 Å². The topological polar surface area (TPSA) is 54.2 Å². The number of pyridine rings is 1. The van der Waals surface area contributed by atoms with Crippen molar-refractivity contribution in [2.45, 2.75) is 25.8 Å². The minimum absolute atomic E-state index is 0.393. The highest BCUT2D eigenvalue weighted by atomic mass is 15.2. The monoisotopic (exact) mass is 270 g/mol. The first-order chi connectivity index (χ1) is 9.74. The van der Waals surface area contributed by atoms with E-state index in [0.29, 0.717) is 6.04 Å². The molecule has 3 N–H and O–H groups in total. The zero-order valence-electron chi connectivity index (χ0n) is 12.0. The van der Waals surface area contributed by atoms with Gasteiger partial charge in [-0.05, 0) is 57.1 Å². The number of nitrogens with two attached hydrogens (primary N) is 1. The average Bonchev–Trinajstić information content (AvgIpc) is 2.95. The van der Waals surface area contributed by atoms with Crippen molar-refractivity contribution in [1.29, 1.82) is 0 Å². The number of hydrogen-bond donors (Lipinski definition) is 2. The van der Waals surface area contributed by atoms with Gasteiger partial charge in [0.15, 0.2) is 0 Å². The summed E-state index contributed by atoms with van der Waals surface area (Å²) in [5.74, 6) is 0. The predicted molar refractivity (Wildman–Crippen MR) is 84.9 cm³/mol. The number of nitrogen functional groups attached to an aromatic ring is 1. The van der Waals surface area contributed by atoms with Crippen LogP contribution in [-0.2, 0) is 0 Å². The van der Waals surface area contributed by atoms with Gasteiger partial charge in [-0.3, -0.25) is 4.98 Å². The fraction of sp³-hybridized carbons (Fsp3) is 0.438. The Morgan fingerprint density at radius 2 is 2.10 bits per heavy atom. The molecule has 20 heavy (non-hydrogen) atoms. The second-order valence-electron chi connectivity index (χ2n) is 5.65.